The van der Waals surface area contributed by atoms with Gasteiger partial charge in [-0.2, -0.15) is 0 Å². The maximum atomic E-state index is 13.4. The zero-order valence-electron chi connectivity index (χ0n) is 17.1. The zero-order chi connectivity index (χ0) is 19.3. The summed E-state index contributed by atoms with van der Waals surface area (Å²) in [4.78, 5) is 15.3. The molecule has 0 unspecified atom stereocenters. The van der Waals surface area contributed by atoms with Crippen LogP contribution in [0, 0.1) is 5.92 Å². The highest BCUT2D eigenvalue weighted by Gasteiger charge is 2.24. The Labute approximate surface area is 165 Å². The van der Waals surface area contributed by atoms with Crippen LogP contribution in [0.3, 0.4) is 0 Å². The van der Waals surface area contributed by atoms with Crippen molar-refractivity contribution in [2.75, 3.05) is 4.90 Å². The van der Waals surface area contributed by atoms with Gasteiger partial charge < -0.3 is 4.90 Å². The fourth-order valence-corrected chi connectivity index (χ4v) is 3.56. The second-order valence-electron chi connectivity index (χ2n) is 7.41. The van der Waals surface area contributed by atoms with Crippen molar-refractivity contribution in [3.63, 3.8) is 0 Å². The Morgan fingerprint density at radius 3 is 2.04 bits per heavy atom. The Morgan fingerprint density at radius 1 is 0.815 bits per heavy atom. The summed E-state index contributed by atoms with van der Waals surface area (Å²) in [6.07, 6.45) is 9.54. The maximum absolute atomic E-state index is 13.4. The lowest BCUT2D eigenvalue weighted by Gasteiger charge is -2.27. The van der Waals surface area contributed by atoms with Crippen LogP contribution in [0.4, 0.5) is 5.69 Å². The van der Waals surface area contributed by atoms with Crippen LogP contribution in [-0.4, -0.2) is 5.91 Å². The summed E-state index contributed by atoms with van der Waals surface area (Å²) in [6.45, 7) is 5.03. The molecule has 2 nitrogen and oxygen atoms in total. The van der Waals surface area contributed by atoms with E-state index in [2.05, 4.69) is 26.0 Å². The van der Waals surface area contributed by atoms with E-state index in [1.54, 1.807) is 0 Å². The van der Waals surface area contributed by atoms with E-state index in [4.69, 9.17) is 0 Å². The largest absolute Gasteiger partial charge is 0.308 e. The molecule has 2 heteroatoms. The number of hydrogen-bond donors (Lipinski definition) is 0. The highest BCUT2D eigenvalue weighted by molar-refractivity contribution is 5.94. The van der Waals surface area contributed by atoms with Crippen LogP contribution in [0.2, 0.25) is 0 Å². The molecule has 146 valence electrons. The Balaban J connectivity index is 2.02. The fourth-order valence-electron chi connectivity index (χ4n) is 3.56. The first-order valence-corrected chi connectivity index (χ1v) is 10.7. The quantitative estimate of drug-likeness (QED) is 0.371. The predicted octanol–water partition coefficient (Wildman–Crippen LogP) is 7.00. The fraction of sp³-hybridized carbons (Fsp3) is 0.480. The monoisotopic (exact) mass is 365 g/mol. The number of nitrogens with zero attached hydrogens (tertiary/aromatic N) is 1. The van der Waals surface area contributed by atoms with Crippen LogP contribution >= 0.6 is 0 Å². The first kappa shape index (κ1) is 21.2. The van der Waals surface area contributed by atoms with Crippen LogP contribution < -0.4 is 4.90 Å². The highest BCUT2D eigenvalue weighted by Crippen LogP contribution is 2.24. The van der Waals surface area contributed by atoms with Gasteiger partial charge in [0.15, 0.2) is 0 Å². The molecule has 0 aliphatic heterocycles. The topological polar surface area (TPSA) is 20.3 Å². The average Bonchev–Trinajstić information content (AvgIpc) is 2.72. The molecule has 0 N–H and O–H groups in total. The van der Waals surface area contributed by atoms with E-state index in [1.165, 1.54) is 37.7 Å². The van der Waals surface area contributed by atoms with Crippen LogP contribution in [0.25, 0.3) is 0 Å². The second-order valence-corrected chi connectivity index (χ2v) is 7.41. The summed E-state index contributed by atoms with van der Waals surface area (Å²) in [6, 6.07) is 20.4. The average molecular weight is 366 g/mol. The van der Waals surface area contributed by atoms with Crippen LogP contribution in [-0.2, 0) is 11.3 Å². The SMILES string of the molecule is CCCCCCCC[C@@H](CC)C(=O)N(Cc1ccccc1)c1ccccc1. The number of carbonyl (C=O) groups excluding carboxylic acids is 1. The molecule has 2 aromatic carbocycles. The Bertz CT molecular complexity index is 638. The van der Waals surface area contributed by atoms with Gasteiger partial charge in [-0.25, -0.2) is 0 Å². The normalized spacial score (nSPS) is 11.9. The zero-order valence-corrected chi connectivity index (χ0v) is 17.1. The molecule has 0 bridgehead atoms. The van der Waals surface area contributed by atoms with Crippen molar-refractivity contribution in [1.82, 2.24) is 0 Å². The summed E-state index contributed by atoms with van der Waals surface area (Å²) < 4.78 is 0. The Morgan fingerprint density at radius 2 is 1.41 bits per heavy atom. The summed E-state index contributed by atoms with van der Waals surface area (Å²) in [7, 11) is 0. The molecule has 0 spiro atoms. The third-order valence-electron chi connectivity index (χ3n) is 5.27. The molecular formula is C25H35NO. The number of carbonyl (C=O) groups is 1. The van der Waals surface area contributed by atoms with Crippen molar-refractivity contribution in [2.24, 2.45) is 5.92 Å². The summed E-state index contributed by atoms with van der Waals surface area (Å²) in [5.41, 5.74) is 2.16. The standard InChI is InChI=1S/C25H35NO/c1-3-5-6-7-8-13-18-23(4-2)25(27)26(24-19-14-10-15-20-24)21-22-16-11-9-12-17-22/h9-12,14-17,19-20,23H,3-8,13,18,21H2,1-2H3/t23-/m1/s1. The van der Waals surface area contributed by atoms with Gasteiger partial charge in [0.05, 0.1) is 6.54 Å². The van der Waals surface area contributed by atoms with Crippen molar-refractivity contribution in [1.29, 1.82) is 0 Å². The van der Waals surface area contributed by atoms with Gasteiger partial charge in [-0.3, -0.25) is 4.79 Å². The van der Waals surface area contributed by atoms with E-state index in [-0.39, 0.29) is 11.8 Å². The van der Waals surface area contributed by atoms with Crippen molar-refractivity contribution >= 4 is 11.6 Å². The predicted molar refractivity (Wildman–Crippen MR) is 116 cm³/mol. The molecular weight excluding hydrogens is 330 g/mol. The van der Waals surface area contributed by atoms with Gasteiger partial charge in [0.2, 0.25) is 5.91 Å². The van der Waals surface area contributed by atoms with E-state index < -0.39 is 0 Å². The van der Waals surface area contributed by atoms with Gasteiger partial charge >= 0.3 is 0 Å². The van der Waals surface area contributed by atoms with E-state index in [9.17, 15) is 4.79 Å². The van der Waals surface area contributed by atoms with E-state index in [0.717, 1.165) is 24.9 Å². The Kier molecular flexibility index (Phi) is 9.68. The molecule has 2 aromatic rings. The third kappa shape index (κ3) is 7.21. The molecule has 0 heterocycles. The summed E-state index contributed by atoms with van der Waals surface area (Å²) in [5.74, 6) is 0.376. The molecule has 0 aliphatic carbocycles. The van der Waals surface area contributed by atoms with Gasteiger partial charge in [0.1, 0.15) is 0 Å². The smallest absolute Gasteiger partial charge is 0.230 e. The van der Waals surface area contributed by atoms with Crippen molar-refractivity contribution in [3.05, 3.63) is 66.2 Å². The lowest BCUT2D eigenvalue weighted by atomic mass is 9.95. The number of amides is 1. The number of hydrogen-bond acceptors (Lipinski definition) is 1. The molecule has 2 rings (SSSR count). The Hall–Kier alpha value is -2.09. The lowest BCUT2D eigenvalue weighted by molar-refractivity contribution is -0.122. The highest BCUT2D eigenvalue weighted by atomic mass is 16.2. The minimum absolute atomic E-state index is 0.111. The van der Waals surface area contributed by atoms with Gasteiger partial charge in [-0.15, -0.1) is 0 Å². The number of unbranched alkanes of at least 4 members (excludes halogenated alkanes) is 5. The van der Waals surface area contributed by atoms with Gasteiger partial charge in [-0.05, 0) is 30.5 Å². The van der Waals surface area contributed by atoms with E-state index >= 15 is 0 Å². The summed E-state index contributed by atoms with van der Waals surface area (Å²) >= 11 is 0. The number of rotatable bonds is 12. The molecule has 0 radical (unpaired) electrons. The number of para-hydroxylation sites is 1. The summed E-state index contributed by atoms with van der Waals surface area (Å²) in [5, 5.41) is 0. The number of benzene rings is 2. The molecule has 0 aliphatic rings. The molecule has 1 amide bonds. The van der Waals surface area contributed by atoms with Crippen molar-refractivity contribution < 1.29 is 4.79 Å². The third-order valence-corrected chi connectivity index (χ3v) is 5.27. The molecule has 0 saturated heterocycles. The minimum atomic E-state index is 0.111. The first-order chi connectivity index (χ1) is 13.3. The first-order valence-electron chi connectivity index (χ1n) is 10.7. The number of anilines is 1. The molecule has 1 atom stereocenters. The van der Waals surface area contributed by atoms with Crippen LogP contribution in [0.15, 0.2) is 60.7 Å². The van der Waals surface area contributed by atoms with Gasteiger partial charge in [0, 0.05) is 11.6 Å². The second kappa shape index (κ2) is 12.3. The van der Waals surface area contributed by atoms with E-state index in [0.29, 0.717) is 6.54 Å². The molecule has 0 fully saturated rings. The minimum Gasteiger partial charge on any atom is -0.308 e. The van der Waals surface area contributed by atoms with Crippen molar-refractivity contribution in [2.45, 2.75) is 71.8 Å². The van der Waals surface area contributed by atoms with Crippen LogP contribution in [0.1, 0.15) is 70.8 Å². The maximum Gasteiger partial charge on any atom is 0.230 e. The van der Waals surface area contributed by atoms with Crippen molar-refractivity contribution in [3.8, 4) is 0 Å². The van der Waals surface area contributed by atoms with Gasteiger partial charge in [-0.1, -0.05) is 101 Å². The van der Waals surface area contributed by atoms with Gasteiger partial charge in [0.25, 0.3) is 0 Å². The molecule has 27 heavy (non-hydrogen) atoms. The lowest BCUT2D eigenvalue weighted by Crippen LogP contribution is -2.35. The molecule has 0 aromatic heterocycles. The van der Waals surface area contributed by atoms with E-state index in [1.807, 2.05) is 53.4 Å². The van der Waals surface area contributed by atoms with Crippen LogP contribution in [0.5, 0.6) is 0 Å². The molecule has 0 saturated carbocycles.